The van der Waals surface area contributed by atoms with Crippen LogP contribution in [0.3, 0.4) is 0 Å². The van der Waals surface area contributed by atoms with Crippen LogP contribution < -0.4 is 10.2 Å². The molecule has 9 heteroatoms. The number of carbonyl (C=O) groups is 1. The van der Waals surface area contributed by atoms with Gasteiger partial charge in [-0.3, -0.25) is 4.79 Å². The lowest BCUT2D eigenvalue weighted by Gasteiger charge is -2.37. The van der Waals surface area contributed by atoms with E-state index in [1.54, 1.807) is 6.07 Å². The van der Waals surface area contributed by atoms with Crippen LogP contribution in [0.15, 0.2) is 24.3 Å². The average molecular weight is 428 g/mol. The number of carbonyl (C=O) groups excluding carboxylic acids is 1. The highest BCUT2D eigenvalue weighted by Gasteiger charge is 2.31. The molecule has 1 N–H and O–H groups in total. The van der Waals surface area contributed by atoms with Gasteiger partial charge in [-0.2, -0.15) is 13.2 Å². The van der Waals surface area contributed by atoms with Crippen molar-refractivity contribution in [2.24, 2.45) is 5.92 Å². The zero-order valence-electron chi connectivity index (χ0n) is 15.0. The second-order valence-corrected chi connectivity index (χ2v) is 6.81. The largest absolute Gasteiger partial charge is 0.416 e. The molecule has 1 aromatic rings. The van der Waals surface area contributed by atoms with Crippen LogP contribution >= 0.6 is 24.8 Å². The molecule has 0 unspecified atom stereocenters. The molecule has 0 atom stereocenters. The molecule has 3 rings (SSSR count). The van der Waals surface area contributed by atoms with Crippen molar-refractivity contribution >= 4 is 36.4 Å². The van der Waals surface area contributed by atoms with Crippen LogP contribution in [0.25, 0.3) is 0 Å². The van der Waals surface area contributed by atoms with Gasteiger partial charge in [-0.25, -0.2) is 0 Å². The molecule has 0 bridgehead atoms. The smallest absolute Gasteiger partial charge is 0.368 e. The molecule has 27 heavy (non-hydrogen) atoms. The highest BCUT2D eigenvalue weighted by atomic mass is 35.5. The van der Waals surface area contributed by atoms with Crippen LogP contribution in [0.2, 0.25) is 0 Å². The minimum Gasteiger partial charge on any atom is -0.368 e. The Morgan fingerprint density at radius 3 is 2.30 bits per heavy atom. The van der Waals surface area contributed by atoms with Gasteiger partial charge in [-0.05, 0) is 50.0 Å². The molecule has 2 aliphatic rings. The highest BCUT2D eigenvalue weighted by Crippen LogP contribution is 2.32. The predicted octanol–water partition coefficient (Wildman–Crippen LogP) is 3.59. The molecule has 154 valence electrons. The van der Waals surface area contributed by atoms with Crippen LogP contribution in [-0.2, 0) is 11.0 Å². The van der Waals surface area contributed by atoms with E-state index in [0.717, 1.165) is 32.0 Å². The summed E-state index contributed by atoms with van der Waals surface area (Å²) in [5, 5.41) is 3.29. The number of nitrogens with one attached hydrogen (secondary N) is 1. The molecular weight excluding hydrogens is 402 g/mol. The number of anilines is 1. The summed E-state index contributed by atoms with van der Waals surface area (Å²) in [6.07, 6.45) is -1.67. The van der Waals surface area contributed by atoms with E-state index in [2.05, 4.69) is 5.32 Å². The molecule has 0 aromatic heterocycles. The Labute approximate surface area is 170 Å². The van der Waals surface area contributed by atoms with E-state index in [1.807, 2.05) is 9.80 Å². The Balaban J connectivity index is 0.00000182. The first-order valence-corrected chi connectivity index (χ1v) is 8.84. The molecular formula is C18H26Cl2F3N3O. The van der Waals surface area contributed by atoms with E-state index in [9.17, 15) is 18.0 Å². The summed E-state index contributed by atoms with van der Waals surface area (Å²) >= 11 is 0. The van der Waals surface area contributed by atoms with Crippen molar-refractivity contribution in [1.82, 2.24) is 10.2 Å². The van der Waals surface area contributed by atoms with Crippen molar-refractivity contribution in [2.45, 2.75) is 25.4 Å². The van der Waals surface area contributed by atoms with Crippen molar-refractivity contribution in [3.63, 3.8) is 0 Å². The number of hydrogen-bond acceptors (Lipinski definition) is 3. The van der Waals surface area contributed by atoms with Crippen LogP contribution in [0.1, 0.15) is 24.8 Å². The van der Waals surface area contributed by atoms with Crippen molar-refractivity contribution in [3.8, 4) is 0 Å². The summed E-state index contributed by atoms with van der Waals surface area (Å²) in [4.78, 5) is 16.2. The molecule has 0 spiro atoms. The van der Waals surface area contributed by atoms with Gasteiger partial charge in [0.1, 0.15) is 0 Å². The maximum absolute atomic E-state index is 12.8. The summed E-state index contributed by atoms with van der Waals surface area (Å²) in [5.74, 6) is 0.630. The van der Waals surface area contributed by atoms with E-state index in [-0.39, 0.29) is 30.7 Å². The summed E-state index contributed by atoms with van der Waals surface area (Å²) in [6, 6.07) is 5.41. The third-order valence-corrected chi connectivity index (χ3v) is 5.09. The Kier molecular flexibility index (Phi) is 9.18. The van der Waals surface area contributed by atoms with Gasteiger partial charge in [-0.1, -0.05) is 6.07 Å². The van der Waals surface area contributed by atoms with Crippen LogP contribution in [0.4, 0.5) is 18.9 Å². The highest BCUT2D eigenvalue weighted by molar-refractivity contribution is 5.85. The fraction of sp³-hybridized carbons (Fsp3) is 0.611. The molecule has 4 nitrogen and oxygen atoms in total. The summed E-state index contributed by atoms with van der Waals surface area (Å²) in [6.45, 7) is 4.22. The normalized spacial score (nSPS) is 18.5. The fourth-order valence-corrected chi connectivity index (χ4v) is 3.55. The number of rotatable bonds is 3. The van der Waals surface area contributed by atoms with E-state index in [0.29, 0.717) is 44.2 Å². The fourth-order valence-electron chi connectivity index (χ4n) is 3.55. The third-order valence-electron chi connectivity index (χ3n) is 5.09. The molecule has 2 heterocycles. The number of piperidine rings is 1. The van der Waals surface area contributed by atoms with Crippen LogP contribution in [0, 0.1) is 5.92 Å². The molecule has 0 saturated carbocycles. The van der Waals surface area contributed by atoms with Crippen molar-refractivity contribution < 1.29 is 18.0 Å². The van der Waals surface area contributed by atoms with Crippen molar-refractivity contribution in [3.05, 3.63) is 29.8 Å². The zero-order chi connectivity index (χ0) is 17.9. The standard InChI is InChI=1S/C18H24F3N3O.2ClH/c19-18(20,21)15-2-1-3-16(13-15)23-8-10-24(11-9-23)17(25)12-14-4-6-22-7-5-14;;/h1-3,13-14,22H,4-12H2;2*1H. The van der Waals surface area contributed by atoms with Crippen LogP contribution in [-0.4, -0.2) is 50.1 Å². The molecule has 2 fully saturated rings. The maximum atomic E-state index is 12.8. The SMILES string of the molecule is Cl.Cl.O=C(CC1CCNCC1)N1CCN(c2cccc(C(F)(F)F)c2)CC1. The summed E-state index contributed by atoms with van der Waals surface area (Å²) in [5.41, 5.74) is -0.0605. The first-order chi connectivity index (χ1) is 11.9. The quantitative estimate of drug-likeness (QED) is 0.800. The Morgan fingerprint density at radius 1 is 1.07 bits per heavy atom. The summed E-state index contributed by atoms with van der Waals surface area (Å²) in [7, 11) is 0. The van der Waals surface area contributed by atoms with Gasteiger partial charge in [0, 0.05) is 38.3 Å². The van der Waals surface area contributed by atoms with Gasteiger partial charge >= 0.3 is 6.18 Å². The molecule has 2 aliphatic heterocycles. The van der Waals surface area contributed by atoms with Gasteiger partial charge < -0.3 is 15.1 Å². The number of alkyl halides is 3. The Morgan fingerprint density at radius 2 is 1.70 bits per heavy atom. The topological polar surface area (TPSA) is 35.6 Å². The molecule has 2 saturated heterocycles. The molecule has 1 aromatic carbocycles. The summed E-state index contributed by atoms with van der Waals surface area (Å²) < 4.78 is 38.5. The number of piperazine rings is 1. The van der Waals surface area contributed by atoms with Gasteiger partial charge in [0.25, 0.3) is 0 Å². The molecule has 1 amide bonds. The minimum atomic E-state index is -4.33. The lowest BCUT2D eigenvalue weighted by Crippen LogP contribution is -2.49. The van der Waals surface area contributed by atoms with Gasteiger partial charge in [0.15, 0.2) is 0 Å². The van der Waals surface area contributed by atoms with Gasteiger partial charge in [0.2, 0.25) is 5.91 Å². The van der Waals surface area contributed by atoms with Gasteiger partial charge in [0.05, 0.1) is 5.56 Å². The zero-order valence-corrected chi connectivity index (χ0v) is 16.6. The second kappa shape index (κ2) is 10.4. The van der Waals surface area contributed by atoms with Crippen LogP contribution in [0.5, 0.6) is 0 Å². The third kappa shape index (κ3) is 6.43. The predicted molar refractivity (Wildman–Crippen MR) is 105 cm³/mol. The lowest BCUT2D eigenvalue weighted by molar-refractivity contribution is -0.137. The van der Waals surface area contributed by atoms with Gasteiger partial charge in [-0.15, -0.1) is 24.8 Å². The first kappa shape index (κ1) is 23.9. The number of halogens is 5. The number of nitrogens with zero attached hydrogens (tertiary/aromatic N) is 2. The second-order valence-electron chi connectivity index (χ2n) is 6.81. The van der Waals surface area contributed by atoms with E-state index in [4.69, 9.17) is 0 Å². The maximum Gasteiger partial charge on any atom is 0.416 e. The van der Waals surface area contributed by atoms with Crippen molar-refractivity contribution in [2.75, 3.05) is 44.2 Å². The number of hydrogen-bond donors (Lipinski definition) is 1. The molecule has 0 radical (unpaired) electrons. The Bertz CT molecular complexity index is 602. The number of benzene rings is 1. The van der Waals surface area contributed by atoms with E-state index >= 15 is 0 Å². The first-order valence-electron chi connectivity index (χ1n) is 8.84. The van der Waals surface area contributed by atoms with Crippen molar-refractivity contribution in [1.29, 1.82) is 0 Å². The van der Waals surface area contributed by atoms with E-state index in [1.165, 1.54) is 12.1 Å². The van der Waals surface area contributed by atoms with E-state index < -0.39 is 11.7 Å². The minimum absolute atomic E-state index is 0. The average Bonchev–Trinajstić information content (AvgIpc) is 2.62. The Hall–Kier alpha value is -1.18. The lowest BCUT2D eigenvalue weighted by atomic mass is 9.94. The number of amides is 1. The molecule has 0 aliphatic carbocycles. The monoisotopic (exact) mass is 427 g/mol.